The molecule has 0 bridgehead atoms. The average Bonchev–Trinajstić information content (AvgIpc) is 3.14. The molecular formula is C20H20N4O3. The highest BCUT2D eigenvalue weighted by molar-refractivity contribution is 5.98. The average molecular weight is 364 g/mol. The highest BCUT2D eigenvalue weighted by Crippen LogP contribution is 2.20. The standard InChI is InChI=1S/C20H20N4O3/c1-14-4-2-5-15-12-17(22-18(14)15)19(25)23-8-10-24(11-9-23)20(26)27-16-6-3-7-21-13-16/h2-7,12-13,22H,8-11H2,1H3. The SMILES string of the molecule is Cc1cccc2cc(C(=O)N3CCN(C(=O)Oc4cccnc4)CC3)[nH]c12. The van der Waals surface area contributed by atoms with Gasteiger partial charge in [-0.2, -0.15) is 0 Å². The van der Waals surface area contributed by atoms with Gasteiger partial charge in [0.15, 0.2) is 5.75 Å². The number of amides is 2. The van der Waals surface area contributed by atoms with Crippen molar-refractivity contribution < 1.29 is 14.3 Å². The number of aryl methyl sites for hydroxylation is 1. The fourth-order valence-electron chi connectivity index (χ4n) is 3.26. The highest BCUT2D eigenvalue weighted by atomic mass is 16.6. The van der Waals surface area contributed by atoms with Crippen molar-refractivity contribution in [3.8, 4) is 5.75 Å². The zero-order chi connectivity index (χ0) is 18.8. The first-order valence-corrected chi connectivity index (χ1v) is 8.86. The van der Waals surface area contributed by atoms with Crippen LogP contribution in [-0.2, 0) is 0 Å². The number of para-hydroxylation sites is 1. The molecule has 0 radical (unpaired) electrons. The predicted octanol–water partition coefficient (Wildman–Crippen LogP) is 2.83. The Bertz CT molecular complexity index is 975. The second kappa shape index (κ2) is 7.11. The first kappa shape index (κ1) is 17.1. The zero-order valence-corrected chi connectivity index (χ0v) is 15.0. The number of fused-ring (bicyclic) bond motifs is 1. The molecule has 0 aliphatic carbocycles. The van der Waals surface area contributed by atoms with Gasteiger partial charge in [-0.25, -0.2) is 4.79 Å². The van der Waals surface area contributed by atoms with Gasteiger partial charge in [0.25, 0.3) is 5.91 Å². The second-order valence-corrected chi connectivity index (χ2v) is 6.56. The number of rotatable bonds is 2. The van der Waals surface area contributed by atoms with E-state index in [1.54, 1.807) is 28.1 Å². The molecule has 4 rings (SSSR count). The van der Waals surface area contributed by atoms with E-state index >= 15 is 0 Å². The fraction of sp³-hybridized carbons (Fsp3) is 0.250. The summed E-state index contributed by atoms with van der Waals surface area (Å²) in [6, 6.07) is 11.3. The van der Waals surface area contributed by atoms with E-state index in [9.17, 15) is 9.59 Å². The Morgan fingerprint density at radius 2 is 1.85 bits per heavy atom. The molecule has 7 heteroatoms. The minimum atomic E-state index is -0.420. The summed E-state index contributed by atoms with van der Waals surface area (Å²) in [7, 11) is 0. The van der Waals surface area contributed by atoms with Crippen molar-refractivity contribution in [3.63, 3.8) is 0 Å². The molecule has 1 aliphatic heterocycles. The number of ether oxygens (including phenoxy) is 1. The van der Waals surface area contributed by atoms with Gasteiger partial charge in [-0.1, -0.05) is 18.2 Å². The van der Waals surface area contributed by atoms with Crippen molar-refractivity contribution >= 4 is 22.9 Å². The summed E-state index contributed by atoms with van der Waals surface area (Å²) >= 11 is 0. The second-order valence-electron chi connectivity index (χ2n) is 6.56. The van der Waals surface area contributed by atoms with Crippen LogP contribution in [0.15, 0.2) is 48.8 Å². The molecule has 0 unspecified atom stereocenters. The summed E-state index contributed by atoms with van der Waals surface area (Å²) in [5.41, 5.74) is 2.67. The molecular weight excluding hydrogens is 344 g/mol. The molecule has 27 heavy (non-hydrogen) atoms. The van der Waals surface area contributed by atoms with Crippen LogP contribution in [0, 0.1) is 6.92 Å². The van der Waals surface area contributed by atoms with Gasteiger partial charge in [0.1, 0.15) is 5.69 Å². The van der Waals surface area contributed by atoms with Crippen molar-refractivity contribution in [2.75, 3.05) is 26.2 Å². The number of nitrogens with zero attached hydrogens (tertiary/aromatic N) is 3. The maximum atomic E-state index is 12.8. The van der Waals surface area contributed by atoms with Gasteiger partial charge in [-0.05, 0) is 30.7 Å². The molecule has 138 valence electrons. The molecule has 0 spiro atoms. The number of carbonyl (C=O) groups excluding carboxylic acids is 2. The fourth-order valence-corrected chi connectivity index (χ4v) is 3.26. The molecule has 1 saturated heterocycles. The molecule has 1 aromatic carbocycles. The smallest absolute Gasteiger partial charge is 0.409 e. The lowest BCUT2D eigenvalue weighted by Crippen LogP contribution is -2.51. The summed E-state index contributed by atoms with van der Waals surface area (Å²) < 4.78 is 5.30. The molecule has 3 aromatic rings. The monoisotopic (exact) mass is 364 g/mol. The lowest BCUT2D eigenvalue weighted by atomic mass is 10.2. The first-order chi connectivity index (χ1) is 13.1. The van der Waals surface area contributed by atoms with Gasteiger partial charge < -0.3 is 19.5 Å². The number of piperazine rings is 1. The third kappa shape index (κ3) is 3.48. The summed E-state index contributed by atoms with van der Waals surface area (Å²) in [5, 5.41) is 1.03. The van der Waals surface area contributed by atoms with Crippen molar-refractivity contribution in [3.05, 3.63) is 60.0 Å². The number of nitrogens with one attached hydrogen (secondary N) is 1. The Kier molecular flexibility index (Phi) is 4.50. The normalized spacial score (nSPS) is 14.4. The van der Waals surface area contributed by atoms with Crippen molar-refractivity contribution in [1.29, 1.82) is 0 Å². The molecule has 2 aromatic heterocycles. The van der Waals surface area contributed by atoms with E-state index in [1.165, 1.54) is 6.20 Å². The van der Waals surface area contributed by atoms with Crippen molar-refractivity contribution in [1.82, 2.24) is 19.8 Å². The highest BCUT2D eigenvalue weighted by Gasteiger charge is 2.26. The number of hydrogen-bond acceptors (Lipinski definition) is 4. The van der Waals surface area contributed by atoms with Crippen LogP contribution >= 0.6 is 0 Å². The Balaban J connectivity index is 1.39. The van der Waals surface area contributed by atoms with E-state index in [0.29, 0.717) is 37.6 Å². The summed E-state index contributed by atoms with van der Waals surface area (Å²) in [5.74, 6) is 0.361. The quantitative estimate of drug-likeness (QED) is 0.758. The number of H-pyrrole nitrogens is 1. The van der Waals surface area contributed by atoms with E-state index in [1.807, 2.05) is 31.2 Å². The van der Waals surface area contributed by atoms with Crippen LogP contribution in [0.3, 0.4) is 0 Å². The molecule has 1 N–H and O–H groups in total. The Labute approximate surface area is 156 Å². The van der Waals surface area contributed by atoms with E-state index in [-0.39, 0.29) is 5.91 Å². The summed E-state index contributed by atoms with van der Waals surface area (Å²) in [6.07, 6.45) is 2.69. The molecule has 3 heterocycles. The summed E-state index contributed by atoms with van der Waals surface area (Å²) in [6.45, 7) is 3.82. The molecule has 0 atom stereocenters. The van der Waals surface area contributed by atoms with E-state index in [4.69, 9.17) is 4.74 Å². The maximum Gasteiger partial charge on any atom is 0.415 e. The number of hydrogen-bond donors (Lipinski definition) is 1. The van der Waals surface area contributed by atoms with E-state index in [2.05, 4.69) is 9.97 Å². The van der Waals surface area contributed by atoms with Gasteiger partial charge in [0.2, 0.25) is 0 Å². The van der Waals surface area contributed by atoms with Crippen LogP contribution in [0.2, 0.25) is 0 Å². The van der Waals surface area contributed by atoms with Crippen molar-refractivity contribution in [2.45, 2.75) is 6.92 Å². The third-order valence-electron chi connectivity index (χ3n) is 4.76. The van der Waals surface area contributed by atoms with Gasteiger partial charge in [0, 0.05) is 43.3 Å². The van der Waals surface area contributed by atoms with Crippen LogP contribution in [0.5, 0.6) is 5.75 Å². The van der Waals surface area contributed by atoms with E-state index in [0.717, 1.165) is 16.5 Å². The lowest BCUT2D eigenvalue weighted by Gasteiger charge is -2.33. The van der Waals surface area contributed by atoms with Crippen LogP contribution in [-0.4, -0.2) is 57.9 Å². The Morgan fingerprint density at radius 3 is 2.56 bits per heavy atom. The van der Waals surface area contributed by atoms with Crippen LogP contribution in [0.1, 0.15) is 16.1 Å². The summed E-state index contributed by atoms with van der Waals surface area (Å²) in [4.78, 5) is 35.5. The van der Waals surface area contributed by atoms with Gasteiger partial charge >= 0.3 is 6.09 Å². The number of aromatic amines is 1. The van der Waals surface area contributed by atoms with Gasteiger partial charge in [-0.3, -0.25) is 9.78 Å². The molecule has 1 aliphatic rings. The zero-order valence-electron chi connectivity index (χ0n) is 15.0. The number of benzene rings is 1. The van der Waals surface area contributed by atoms with Gasteiger partial charge in [-0.15, -0.1) is 0 Å². The number of carbonyl (C=O) groups is 2. The number of aromatic nitrogens is 2. The maximum absolute atomic E-state index is 12.8. The molecule has 0 saturated carbocycles. The van der Waals surface area contributed by atoms with E-state index < -0.39 is 6.09 Å². The minimum absolute atomic E-state index is 0.0501. The van der Waals surface area contributed by atoms with Gasteiger partial charge in [0.05, 0.1) is 6.20 Å². The van der Waals surface area contributed by atoms with Crippen LogP contribution < -0.4 is 4.74 Å². The topological polar surface area (TPSA) is 78.5 Å². The Morgan fingerprint density at radius 1 is 1.07 bits per heavy atom. The minimum Gasteiger partial charge on any atom is -0.409 e. The first-order valence-electron chi connectivity index (χ1n) is 8.86. The molecule has 1 fully saturated rings. The van der Waals surface area contributed by atoms with Crippen molar-refractivity contribution in [2.24, 2.45) is 0 Å². The molecule has 7 nitrogen and oxygen atoms in total. The lowest BCUT2D eigenvalue weighted by molar-refractivity contribution is 0.0629. The third-order valence-corrected chi connectivity index (χ3v) is 4.76. The number of pyridine rings is 1. The Hall–Kier alpha value is -3.35. The molecule has 2 amide bonds. The van der Waals surface area contributed by atoms with Crippen LogP contribution in [0.4, 0.5) is 4.79 Å². The van der Waals surface area contributed by atoms with Crippen LogP contribution in [0.25, 0.3) is 10.9 Å². The largest absolute Gasteiger partial charge is 0.415 e. The predicted molar refractivity (Wildman–Crippen MR) is 101 cm³/mol.